The lowest BCUT2D eigenvalue weighted by Gasteiger charge is -2.17. The Morgan fingerprint density at radius 1 is 1.16 bits per heavy atom. The summed E-state index contributed by atoms with van der Waals surface area (Å²) < 4.78 is 1.82. The van der Waals surface area contributed by atoms with Crippen LogP contribution in [0.3, 0.4) is 0 Å². The first-order valence-corrected chi connectivity index (χ1v) is 6.36. The number of aryl methyl sites for hydroxylation is 1. The summed E-state index contributed by atoms with van der Waals surface area (Å²) >= 11 is 0. The van der Waals surface area contributed by atoms with E-state index in [1.165, 1.54) is 11.1 Å². The van der Waals surface area contributed by atoms with Gasteiger partial charge in [-0.25, -0.2) is 9.50 Å². The third kappa shape index (κ3) is 2.17. The molecule has 19 heavy (non-hydrogen) atoms. The van der Waals surface area contributed by atoms with E-state index in [9.17, 15) is 0 Å². The molecule has 2 aromatic heterocycles. The molecule has 0 amide bonds. The van der Waals surface area contributed by atoms with Crippen molar-refractivity contribution in [3.05, 3.63) is 60.0 Å². The van der Waals surface area contributed by atoms with E-state index in [-0.39, 0.29) is 6.04 Å². The van der Waals surface area contributed by atoms with Gasteiger partial charge in [-0.05, 0) is 31.0 Å². The number of hydrogen-bond donors (Lipinski definition) is 1. The number of rotatable bonds is 3. The first-order chi connectivity index (χ1) is 9.25. The van der Waals surface area contributed by atoms with Crippen LogP contribution < -0.4 is 5.32 Å². The van der Waals surface area contributed by atoms with Gasteiger partial charge in [-0.15, -0.1) is 0 Å². The molecule has 0 aliphatic rings. The number of hydrogen-bond acceptors (Lipinski definition) is 3. The van der Waals surface area contributed by atoms with Gasteiger partial charge in [0.25, 0.3) is 0 Å². The second-order valence-corrected chi connectivity index (χ2v) is 4.66. The summed E-state index contributed by atoms with van der Waals surface area (Å²) in [6, 6.07) is 10.5. The highest BCUT2D eigenvalue weighted by Gasteiger charge is 2.10. The summed E-state index contributed by atoms with van der Waals surface area (Å²) in [5.74, 6) is 0.857. The Labute approximate surface area is 112 Å². The van der Waals surface area contributed by atoms with Crippen LogP contribution in [0.5, 0.6) is 0 Å². The molecule has 4 heteroatoms. The van der Waals surface area contributed by atoms with Crippen molar-refractivity contribution in [3.63, 3.8) is 0 Å². The Morgan fingerprint density at radius 2 is 2.00 bits per heavy atom. The lowest BCUT2D eigenvalue weighted by Crippen LogP contribution is -2.10. The van der Waals surface area contributed by atoms with E-state index in [4.69, 9.17) is 0 Å². The van der Waals surface area contributed by atoms with Crippen molar-refractivity contribution in [1.82, 2.24) is 14.6 Å². The minimum atomic E-state index is 0.204. The summed E-state index contributed by atoms with van der Waals surface area (Å²) in [7, 11) is 0. The topological polar surface area (TPSA) is 42.2 Å². The minimum Gasteiger partial charge on any atom is -0.362 e. The number of fused-ring (bicyclic) bond motifs is 1. The largest absolute Gasteiger partial charge is 0.362 e. The quantitative estimate of drug-likeness (QED) is 0.778. The normalized spacial score (nSPS) is 12.5. The minimum absolute atomic E-state index is 0.204. The van der Waals surface area contributed by atoms with Gasteiger partial charge in [0.2, 0.25) is 0 Å². The van der Waals surface area contributed by atoms with Crippen LogP contribution in [0.2, 0.25) is 0 Å². The monoisotopic (exact) mass is 252 g/mol. The predicted octanol–water partition coefficient (Wildman–Crippen LogP) is 3.21. The standard InChI is InChI=1S/C15H16N4/c1-11-5-3-4-6-13(11)12(2)18-15-14-7-8-17-19(14)10-9-16-15/h3-10,12H,1-2H3,(H,16,18). The van der Waals surface area contributed by atoms with Gasteiger partial charge in [-0.3, -0.25) is 0 Å². The van der Waals surface area contributed by atoms with Crippen LogP contribution in [0.1, 0.15) is 24.1 Å². The summed E-state index contributed by atoms with van der Waals surface area (Å²) in [5.41, 5.74) is 3.55. The first-order valence-electron chi connectivity index (χ1n) is 6.36. The third-order valence-electron chi connectivity index (χ3n) is 3.33. The van der Waals surface area contributed by atoms with Crippen molar-refractivity contribution < 1.29 is 0 Å². The highest BCUT2D eigenvalue weighted by Crippen LogP contribution is 2.23. The molecule has 0 spiro atoms. The Bertz CT molecular complexity index is 702. The zero-order valence-corrected chi connectivity index (χ0v) is 11.0. The maximum atomic E-state index is 4.40. The van der Waals surface area contributed by atoms with Crippen LogP contribution in [0, 0.1) is 6.92 Å². The number of benzene rings is 1. The van der Waals surface area contributed by atoms with Gasteiger partial charge in [0.15, 0.2) is 5.82 Å². The molecule has 96 valence electrons. The fraction of sp³-hybridized carbons (Fsp3) is 0.200. The van der Waals surface area contributed by atoms with Crippen LogP contribution in [0.15, 0.2) is 48.9 Å². The maximum absolute atomic E-state index is 4.40. The molecular weight excluding hydrogens is 236 g/mol. The first kappa shape index (κ1) is 11.7. The molecule has 3 rings (SSSR count). The lowest BCUT2D eigenvalue weighted by molar-refractivity contribution is 0.858. The smallest absolute Gasteiger partial charge is 0.152 e. The third-order valence-corrected chi connectivity index (χ3v) is 3.33. The van der Waals surface area contributed by atoms with Crippen molar-refractivity contribution in [2.45, 2.75) is 19.9 Å². The molecule has 0 saturated heterocycles. The molecule has 0 bridgehead atoms. The van der Waals surface area contributed by atoms with Crippen molar-refractivity contribution in [2.24, 2.45) is 0 Å². The molecule has 1 unspecified atom stereocenters. The molecule has 1 aromatic carbocycles. The Kier molecular flexibility index (Phi) is 2.91. The van der Waals surface area contributed by atoms with Crippen molar-refractivity contribution in [2.75, 3.05) is 5.32 Å². The van der Waals surface area contributed by atoms with Crippen molar-refractivity contribution in [1.29, 1.82) is 0 Å². The summed E-state index contributed by atoms with van der Waals surface area (Å²) in [4.78, 5) is 4.40. The molecule has 0 fully saturated rings. The van der Waals surface area contributed by atoms with Crippen LogP contribution in [-0.4, -0.2) is 14.6 Å². The van der Waals surface area contributed by atoms with E-state index < -0.39 is 0 Å². The molecule has 0 aliphatic carbocycles. The molecule has 0 radical (unpaired) electrons. The number of nitrogens with zero attached hydrogens (tertiary/aromatic N) is 3. The Hall–Kier alpha value is -2.36. The predicted molar refractivity (Wildman–Crippen MR) is 76.2 cm³/mol. The number of nitrogens with one attached hydrogen (secondary N) is 1. The van der Waals surface area contributed by atoms with Gasteiger partial charge in [-0.1, -0.05) is 24.3 Å². The summed E-state index contributed by atoms with van der Waals surface area (Å²) in [5, 5.41) is 7.67. The molecule has 3 aromatic rings. The van der Waals surface area contributed by atoms with Crippen LogP contribution in [-0.2, 0) is 0 Å². The van der Waals surface area contributed by atoms with E-state index in [2.05, 4.69) is 53.5 Å². The molecule has 0 aliphatic heterocycles. The van der Waals surface area contributed by atoms with Crippen molar-refractivity contribution in [3.8, 4) is 0 Å². The molecule has 1 N–H and O–H groups in total. The van der Waals surface area contributed by atoms with E-state index in [0.29, 0.717) is 0 Å². The highest BCUT2D eigenvalue weighted by atomic mass is 15.2. The fourth-order valence-corrected chi connectivity index (χ4v) is 2.32. The van der Waals surface area contributed by atoms with Gasteiger partial charge in [0.1, 0.15) is 5.52 Å². The Balaban J connectivity index is 1.93. The SMILES string of the molecule is Cc1ccccc1C(C)Nc1nccn2nccc12. The van der Waals surface area contributed by atoms with E-state index in [0.717, 1.165) is 11.3 Å². The molecule has 1 atom stereocenters. The van der Waals surface area contributed by atoms with Crippen LogP contribution >= 0.6 is 0 Å². The average Bonchev–Trinajstić information content (AvgIpc) is 2.88. The van der Waals surface area contributed by atoms with Gasteiger partial charge in [0.05, 0.1) is 12.2 Å². The zero-order valence-electron chi connectivity index (χ0n) is 11.0. The highest BCUT2D eigenvalue weighted by molar-refractivity contribution is 5.67. The van der Waals surface area contributed by atoms with Crippen molar-refractivity contribution >= 4 is 11.3 Å². The van der Waals surface area contributed by atoms with Gasteiger partial charge >= 0.3 is 0 Å². The second kappa shape index (κ2) is 4.72. The van der Waals surface area contributed by atoms with E-state index >= 15 is 0 Å². The average molecular weight is 252 g/mol. The summed E-state index contributed by atoms with van der Waals surface area (Å²) in [6.45, 7) is 4.27. The van der Waals surface area contributed by atoms with Gasteiger partial charge in [-0.2, -0.15) is 5.10 Å². The molecule has 0 saturated carbocycles. The zero-order chi connectivity index (χ0) is 13.2. The summed E-state index contributed by atoms with van der Waals surface area (Å²) in [6.07, 6.45) is 5.38. The number of anilines is 1. The fourth-order valence-electron chi connectivity index (χ4n) is 2.32. The van der Waals surface area contributed by atoms with Gasteiger partial charge < -0.3 is 5.32 Å². The molecular formula is C15H16N4. The van der Waals surface area contributed by atoms with E-state index in [1.54, 1.807) is 12.4 Å². The maximum Gasteiger partial charge on any atom is 0.152 e. The molecule has 2 heterocycles. The van der Waals surface area contributed by atoms with Crippen LogP contribution in [0.25, 0.3) is 5.52 Å². The molecule has 4 nitrogen and oxygen atoms in total. The van der Waals surface area contributed by atoms with Crippen LogP contribution in [0.4, 0.5) is 5.82 Å². The Morgan fingerprint density at radius 3 is 2.84 bits per heavy atom. The lowest BCUT2D eigenvalue weighted by atomic mass is 10.0. The second-order valence-electron chi connectivity index (χ2n) is 4.66. The number of aromatic nitrogens is 3. The van der Waals surface area contributed by atoms with Gasteiger partial charge in [0, 0.05) is 12.4 Å². The van der Waals surface area contributed by atoms with E-state index in [1.807, 2.05) is 16.8 Å².